The van der Waals surface area contributed by atoms with Crippen LogP contribution in [0.15, 0.2) is 40.7 Å². The van der Waals surface area contributed by atoms with E-state index in [-0.39, 0.29) is 17.7 Å². The SMILES string of the molecule is CC(C)Oc1ccc(/C(N=[NH2+])=N/N)c(N2CCN(Cc3cccnn3)CC2)c1F. The zero-order valence-corrected chi connectivity index (χ0v) is 16.6. The van der Waals surface area contributed by atoms with Crippen molar-refractivity contribution in [1.29, 1.82) is 0 Å². The Balaban J connectivity index is 1.84. The lowest BCUT2D eigenvalue weighted by atomic mass is 10.1. The van der Waals surface area contributed by atoms with E-state index in [1.165, 1.54) is 0 Å². The number of nitrogens with zero attached hydrogens (tertiary/aromatic N) is 6. The highest BCUT2D eigenvalue weighted by molar-refractivity contribution is 6.04. The van der Waals surface area contributed by atoms with Crippen molar-refractivity contribution in [2.75, 3.05) is 31.1 Å². The molecule has 0 radical (unpaired) electrons. The number of halogens is 1. The second-order valence-electron chi connectivity index (χ2n) is 7.00. The number of amidine groups is 1. The lowest BCUT2D eigenvalue weighted by Gasteiger charge is -2.37. The van der Waals surface area contributed by atoms with Gasteiger partial charge in [0.2, 0.25) is 5.84 Å². The minimum atomic E-state index is -0.469. The van der Waals surface area contributed by atoms with Crippen LogP contribution in [0.5, 0.6) is 5.75 Å². The van der Waals surface area contributed by atoms with Crippen molar-refractivity contribution in [2.45, 2.75) is 26.5 Å². The summed E-state index contributed by atoms with van der Waals surface area (Å²) in [4.78, 5) is 4.19. The molecular formula is C19H26FN8O+. The highest BCUT2D eigenvalue weighted by Gasteiger charge is 2.27. The molecule has 1 aromatic carbocycles. The number of rotatable bonds is 6. The molecule has 9 nitrogen and oxygen atoms in total. The largest absolute Gasteiger partial charge is 0.488 e. The fourth-order valence-electron chi connectivity index (χ4n) is 3.33. The number of ether oxygens (including phenoxy) is 1. The van der Waals surface area contributed by atoms with E-state index in [0.717, 1.165) is 18.8 Å². The second-order valence-corrected chi connectivity index (χ2v) is 7.00. The number of anilines is 1. The summed E-state index contributed by atoms with van der Waals surface area (Å²) < 4.78 is 21.0. The highest BCUT2D eigenvalue weighted by Crippen LogP contribution is 2.33. The molecule has 0 bridgehead atoms. The summed E-state index contributed by atoms with van der Waals surface area (Å²) in [6.45, 7) is 7.08. The molecule has 0 amide bonds. The Hall–Kier alpha value is -3.14. The Morgan fingerprint density at radius 3 is 2.62 bits per heavy atom. The lowest BCUT2D eigenvalue weighted by molar-refractivity contribution is -0.206. The van der Waals surface area contributed by atoms with E-state index in [2.05, 4.69) is 25.3 Å². The summed E-state index contributed by atoms with van der Waals surface area (Å²) in [5.74, 6) is 5.20. The maximum absolute atomic E-state index is 15.4. The van der Waals surface area contributed by atoms with Gasteiger partial charge in [-0.1, -0.05) is 0 Å². The Kier molecular flexibility index (Phi) is 6.65. The topological polar surface area (TPSA) is 118 Å². The van der Waals surface area contributed by atoms with Gasteiger partial charge >= 0.3 is 0 Å². The van der Waals surface area contributed by atoms with Crippen LogP contribution in [0.3, 0.4) is 0 Å². The van der Waals surface area contributed by atoms with Gasteiger partial charge < -0.3 is 15.5 Å². The summed E-state index contributed by atoms with van der Waals surface area (Å²) in [6, 6.07) is 7.04. The van der Waals surface area contributed by atoms with Gasteiger partial charge in [-0.15, -0.1) is 0 Å². The molecule has 2 aromatic rings. The van der Waals surface area contributed by atoms with Crippen LogP contribution in [-0.2, 0) is 6.54 Å². The molecule has 1 saturated heterocycles. The number of nitrogens with two attached hydrogens (primary N) is 2. The third-order valence-corrected chi connectivity index (χ3v) is 4.63. The van der Waals surface area contributed by atoms with Crippen LogP contribution in [0.1, 0.15) is 25.1 Å². The van der Waals surface area contributed by atoms with Gasteiger partial charge in [0.1, 0.15) is 0 Å². The van der Waals surface area contributed by atoms with Gasteiger partial charge in [0.15, 0.2) is 11.6 Å². The number of aromatic nitrogens is 2. The minimum absolute atomic E-state index is 0.0805. The van der Waals surface area contributed by atoms with E-state index in [1.54, 1.807) is 18.3 Å². The Morgan fingerprint density at radius 2 is 2.03 bits per heavy atom. The molecule has 0 saturated carbocycles. The van der Waals surface area contributed by atoms with Crippen LogP contribution in [0.25, 0.3) is 0 Å². The van der Waals surface area contributed by atoms with Gasteiger partial charge in [0, 0.05) is 44.0 Å². The first-order chi connectivity index (χ1) is 14.0. The molecule has 1 aliphatic rings. The third-order valence-electron chi connectivity index (χ3n) is 4.63. The average Bonchev–Trinajstić information content (AvgIpc) is 2.72. The molecule has 0 atom stereocenters. The van der Waals surface area contributed by atoms with Crippen molar-refractivity contribution in [3.05, 3.63) is 47.5 Å². The van der Waals surface area contributed by atoms with E-state index >= 15 is 4.39 Å². The average molecular weight is 401 g/mol. The molecule has 0 aliphatic carbocycles. The van der Waals surface area contributed by atoms with Crippen molar-refractivity contribution >= 4 is 11.5 Å². The molecule has 3 rings (SSSR count). The van der Waals surface area contributed by atoms with E-state index in [9.17, 15) is 0 Å². The molecule has 2 heterocycles. The molecule has 1 aromatic heterocycles. The molecule has 1 fully saturated rings. The van der Waals surface area contributed by atoms with Gasteiger partial charge in [-0.3, -0.25) is 4.90 Å². The predicted octanol–water partition coefficient (Wildman–Crippen LogP) is 0.557. The number of piperazine rings is 1. The monoisotopic (exact) mass is 401 g/mol. The standard InChI is InChI=1S/C19H25FN8O/c1-13(2)29-16-6-5-15(19(24-21)25-22)18(17(16)20)28-10-8-27(9-11-28)12-14-4-3-7-23-26-14/h3-7,13,21H,8-12,22H2,1-2H3/p+1/b24-21?,25-19-. The summed E-state index contributed by atoms with van der Waals surface area (Å²) in [5.41, 5.74) is 7.10. The van der Waals surface area contributed by atoms with Crippen LogP contribution in [0.2, 0.25) is 0 Å². The first-order valence-corrected chi connectivity index (χ1v) is 9.45. The first-order valence-electron chi connectivity index (χ1n) is 9.45. The first kappa shape index (κ1) is 20.6. The molecule has 29 heavy (non-hydrogen) atoms. The van der Waals surface area contributed by atoms with Crippen LogP contribution in [0, 0.1) is 5.82 Å². The molecule has 1 aliphatic heterocycles. The summed E-state index contributed by atoms with van der Waals surface area (Å²) >= 11 is 0. The van der Waals surface area contributed by atoms with E-state index in [1.807, 2.05) is 30.9 Å². The van der Waals surface area contributed by atoms with Gasteiger partial charge in [0.25, 0.3) is 0 Å². The second kappa shape index (κ2) is 9.37. The maximum atomic E-state index is 15.4. The summed E-state index contributed by atoms with van der Waals surface area (Å²) in [5, 5.41) is 15.2. The molecular weight excluding hydrogens is 375 g/mol. The molecule has 10 heteroatoms. The van der Waals surface area contributed by atoms with Crippen molar-refractivity contribution in [3.63, 3.8) is 0 Å². The third kappa shape index (κ3) is 4.83. The molecule has 154 valence electrons. The maximum Gasteiger partial charge on any atom is 0.246 e. The zero-order chi connectivity index (χ0) is 20.8. The van der Waals surface area contributed by atoms with Gasteiger partial charge in [-0.2, -0.15) is 20.8 Å². The fraction of sp³-hybridized carbons (Fsp3) is 0.421. The van der Waals surface area contributed by atoms with Crippen LogP contribution in [-0.4, -0.2) is 53.2 Å². The van der Waals surface area contributed by atoms with Crippen molar-refractivity contribution < 1.29 is 14.7 Å². The van der Waals surface area contributed by atoms with E-state index < -0.39 is 5.82 Å². The van der Waals surface area contributed by atoms with Gasteiger partial charge in [0.05, 0.1) is 23.0 Å². The minimum Gasteiger partial charge on any atom is -0.488 e. The normalized spacial score (nSPS) is 15.6. The van der Waals surface area contributed by atoms with Crippen molar-refractivity contribution in [2.24, 2.45) is 16.1 Å². The number of hydrazone groups is 1. The number of hydrogen-bond acceptors (Lipinski definition) is 7. The van der Waals surface area contributed by atoms with Gasteiger partial charge in [-0.05, 0) is 38.1 Å². The molecule has 4 N–H and O–H groups in total. The van der Waals surface area contributed by atoms with E-state index in [0.29, 0.717) is 30.9 Å². The molecule has 0 spiro atoms. The van der Waals surface area contributed by atoms with Crippen LogP contribution in [0.4, 0.5) is 10.1 Å². The van der Waals surface area contributed by atoms with Crippen LogP contribution >= 0.6 is 0 Å². The zero-order valence-electron chi connectivity index (χ0n) is 16.6. The fourth-order valence-corrected chi connectivity index (χ4v) is 3.33. The predicted molar refractivity (Wildman–Crippen MR) is 107 cm³/mol. The quantitative estimate of drug-likeness (QED) is 0.240. The Morgan fingerprint density at radius 1 is 1.28 bits per heavy atom. The van der Waals surface area contributed by atoms with Crippen molar-refractivity contribution in [1.82, 2.24) is 15.1 Å². The van der Waals surface area contributed by atoms with Gasteiger partial charge in [-0.25, -0.2) is 4.39 Å². The smallest absolute Gasteiger partial charge is 0.246 e. The van der Waals surface area contributed by atoms with E-state index in [4.69, 9.17) is 16.1 Å². The summed E-state index contributed by atoms with van der Waals surface area (Å²) in [7, 11) is 0. The Bertz CT molecular complexity index is 866. The Labute approximate surface area is 168 Å². The number of hydrogen-bond donors (Lipinski definition) is 2. The molecule has 0 unspecified atom stereocenters. The highest BCUT2D eigenvalue weighted by atomic mass is 19.1. The van der Waals surface area contributed by atoms with Crippen molar-refractivity contribution in [3.8, 4) is 5.75 Å². The van der Waals surface area contributed by atoms with Crippen LogP contribution < -0.4 is 21.0 Å². The summed E-state index contributed by atoms with van der Waals surface area (Å²) in [6.07, 6.45) is 1.49. The number of benzene rings is 1. The lowest BCUT2D eigenvalue weighted by Crippen LogP contribution is -2.47.